The molecular formula is C24H30BrN3O3S. The van der Waals surface area contributed by atoms with Gasteiger partial charge in [0, 0.05) is 23.4 Å². The molecule has 0 unspecified atom stereocenters. The Hall–Kier alpha value is -2.45. The predicted molar refractivity (Wildman–Crippen MR) is 138 cm³/mol. The molecule has 32 heavy (non-hydrogen) atoms. The number of hydrogen-bond donors (Lipinski definition) is 3. The number of carbonyl (C=O) groups is 2. The Morgan fingerprint density at radius 3 is 2.41 bits per heavy atom. The third kappa shape index (κ3) is 7.91. The number of unbranched alkanes of at least 4 members (excludes halogenated alkanes) is 3. The van der Waals surface area contributed by atoms with Crippen LogP contribution in [0.3, 0.4) is 0 Å². The lowest BCUT2D eigenvalue weighted by atomic mass is 10.1. The molecule has 0 fully saturated rings. The molecule has 0 saturated heterocycles. The molecular weight excluding hydrogens is 490 g/mol. The van der Waals surface area contributed by atoms with Gasteiger partial charge in [0.1, 0.15) is 5.75 Å². The number of amides is 2. The maximum absolute atomic E-state index is 12.6. The summed E-state index contributed by atoms with van der Waals surface area (Å²) in [5.41, 5.74) is 2.69. The van der Waals surface area contributed by atoms with Gasteiger partial charge in [-0.3, -0.25) is 14.9 Å². The third-order valence-corrected chi connectivity index (χ3v) is 5.68. The second-order valence-corrected chi connectivity index (χ2v) is 8.61. The summed E-state index contributed by atoms with van der Waals surface area (Å²) in [6, 6.07) is 10.7. The highest BCUT2D eigenvalue weighted by Gasteiger charge is 2.13. The molecule has 6 nitrogen and oxygen atoms in total. The van der Waals surface area contributed by atoms with Gasteiger partial charge >= 0.3 is 0 Å². The maximum Gasteiger partial charge on any atom is 0.257 e. The highest BCUT2D eigenvalue weighted by atomic mass is 79.9. The van der Waals surface area contributed by atoms with E-state index in [-0.39, 0.29) is 16.9 Å². The van der Waals surface area contributed by atoms with Crippen molar-refractivity contribution >= 4 is 56.4 Å². The molecule has 0 spiro atoms. The van der Waals surface area contributed by atoms with Crippen LogP contribution in [0.2, 0.25) is 0 Å². The van der Waals surface area contributed by atoms with Crippen molar-refractivity contribution in [2.24, 2.45) is 0 Å². The van der Waals surface area contributed by atoms with Crippen LogP contribution in [0.1, 0.15) is 61.9 Å². The van der Waals surface area contributed by atoms with Crippen LogP contribution in [-0.2, 0) is 4.79 Å². The molecule has 2 rings (SSSR count). The van der Waals surface area contributed by atoms with Crippen LogP contribution < -0.4 is 20.7 Å². The van der Waals surface area contributed by atoms with Gasteiger partial charge in [0.25, 0.3) is 5.91 Å². The number of carbonyl (C=O) groups excluding carboxylic acids is 2. The average molecular weight is 520 g/mol. The van der Waals surface area contributed by atoms with E-state index in [1.807, 2.05) is 25.1 Å². The molecule has 0 aliphatic rings. The Labute approximate surface area is 203 Å². The van der Waals surface area contributed by atoms with E-state index in [0.29, 0.717) is 35.7 Å². The molecule has 0 aliphatic carbocycles. The Morgan fingerprint density at radius 1 is 1.03 bits per heavy atom. The Balaban J connectivity index is 1.95. The zero-order valence-electron chi connectivity index (χ0n) is 18.7. The monoisotopic (exact) mass is 519 g/mol. The summed E-state index contributed by atoms with van der Waals surface area (Å²) in [5.74, 6) is 0.311. The average Bonchev–Trinajstić information content (AvgIpc) is 2.77. The topological polar surface area (TPSA) is 79.5 Å². The van der Waals surface area contributed by atoms with E-state index in [1.54, 1.807) is 25.1 Å². The first kappa shape index (κ1) is 25.8. The van der Waals surface area contributed by atoms with Gasteiger partial charge in [0.05, 0.1) is 11.1 Å². The molecule has 0 saturated carbocycles. The number of thiocarbonyl (C=S) groups is 1. The van der Waals surface area contributed by atoms with E-state index >= 15 is 0 Å². The Bertz CT molecular complexity index is 966. The van der Waals surface area contributed by atoms with Crippen molar-refractivity contribution in [3.8, 4) is 5.75 Å². The van der Waals surface area contributed by atoms with Crippen LogP contribution in [-0.4, -0.2) is 23.5 Å². The number of halogens is 1. The first-order chi connectivity index (χ1) is 15.3. The number of ether oxygens (including phenoxy) is 1. The van der Waals surface area contributed by atoms with E-state index in [2.05, 4.69) is 38.8 Å². The SMILES string of the molecule is CCCCCCOc1ccc(C(=O)NC(=S)Nc2cccc(NC(=O)CC)c2C)cc1Br. The zero-order valence-corrected chi connectivity index (χ0v) is 21.1. The number of hydrogen-bond acceptors (Lipinski definition) is 4. The lowest BCUT2D eigenvalue weighted by Gasteiger charge is -2.15. The molecule has 0 atom stereocenters. The van der Waals surface area contributed by atoms with Crippen molar-refractivity contribution in [1.82, 2.24) is 5.32 Å². The van der Waals surface area contributed by atoms with Gasteiger partial charge in [-0.2, -0.15) is 0 Å². The van der Waals surface area contributed by atoms with Gasteiger partial charge in [-0.15, -0.1) is 0 Å². The fourth-order valence-corrected chi connectivity index (χ4v) is 3.64. The minimum absolute atomic E-state index is 0.0694. The normalized spacial score (nSPS) is 10.4. The lowest BCUT2D eigenvalue weighted by molar-refractivity contribution is -0.115. The fourth-order valence-electron chi connectivity index (χ4n) is 2.94. The third-order valence-electron chi connectivity index (χ3n) is 4.85. The van der Waals surface area contributed by atoms with E-state index < -0.39 is 0 Å². The maximum atomic E-state index is 12.6. The second-order valence-electron chi connectivity index (χ2n) is 7.34. The van der Waals surface area contributed by atoms with E-state index in [0.717, 1.165) is 22.9 Å². The fraction of sp³-hybridized carbons (Fsp3) is 0.375. The number of rotatable bonds is 10. The molecule has 2 amide bonds. The largest absolute Gasteiger partial charge is 0.492 e. The molecule has 172 valence electrons. The van der Waals surface area contributed by atoms with Crippen molar-refractivity contribution in [3.05, 3.63) is 52.0 Å². The number of nitrogens with one attached hydrogen (secondary N) is 3. The molecule has 0 aliphatic heterocycles. The van der Waals surface area contributed by atoms with Crippen molar-refractivity contribution < 1.29 is 14.3 Å². The van der Waals surface area contributed by atoms with Gasteiger partial charge in [-0.25, -0.2) is 0 Å². The molecule has 2 aromatic rings. The van der Waals surface area contributed by atoms with Gasteiger partial charge in [-0.05, 0) is 77.4 Å². The molecule has 3 N–H and O–H groups in total. The van der Waals surface area contributed by atoms with E-state index in [4.69, 9.17) is 17.0 Å². The summed E-state index contributed by atoms with van der Waals surface area (Å²) < 4.78 is 6.51. The summed E-state index contributed by atoms with van der Waals surface area (Å²) in [7, 11) is 0. The zero-order chi connectivity index (χ0) is 23.5. The van der Waals surface area contributed by atoms with Crippen molar-refractivity contribution in [3.63, 3.8) is 0 Å². The van der Waals surface area contributed by atoms with Gasteiger partial charge in [0.2, 0.25) is 5.91 Å². The van der Waals surface area contributed by atoms with Crippen LogP contribution in [0.25, 0.3) is 0 Å². The Morgan fingerprint density at radius 2 is 1.75 bits per heavy atom. The van der Waals surface area contributed by atoms with Crippen molar-refractivity contribution in [2.45, 2.75) is 52.9 Å². The van der Waals surface area contributed by atoms with E-state index in [1.165, 1.54) is 12.8 Å². The van der Waals surface area contributed by atoms with Crippen LogP contribution in [0.15, 0.2) is 40.9 Å². The smallest absolute Gasteiger partial charge is 0.257 e. The molecule has 8 heteroatoms. The summed E-state index contributed by atoms with van der Waals surface area (Å²) in [6.45, 7) is 6.49. The number of anilines is 2. The summed E-state index contributed by atoms with van der Waals surface area (Å²) in [6.07, 6.45) is 4.93. The van der Waals surface area contributed by atoms with Gasteiger partial charge in [0.15, 0.2) is 5.11 Å². The molecule has 0 aromatic heterocycles. The summed E-state index contributed by atoms with van der Waals surface area (Å²) in [5, 5.41) is 8.73. The van der Waals surface area contributed by atoms with Gasteiger partial charge < -0.3 is 15.4 Å². The summed E-state index contributed by atoms with van der Waals surface area (Å²) in [4.78, 5) is 24.3. The van der Waals surface area contributed by atoms with Crippen LogP contribution in [0, 0.1) is 6.92 Å². The van der Waals surface area contributed by atoms with Crippen LogP contribution in [0.5, 0.6) is 5.75 Å². The first-order valence-electron chi connectivity index (χ1n) is 10.8. The Kier molecular flexibility index (Phi) is 10.6. The quantitative estimate of drug-likeness (QED) is 0.257. The lowest BCUT2D eigenvalue weighted by Crippen LogP contribution is -2.34. The van der Waals surface area contributed by atoms with E-state index in [9.17, 15) is 9.59 Å². The van der Waals surface area contributed by atoms with Crippen molar-refractivity contribution in [1.29, 1.82) is 0 Å². The van der Waals surface area contributed by atoms with Crippen LogP contribution >= 0.6 is 28.1 Å². The molecule has 2 aromatic carbocycles. The predicted octanol–water partition coefficient (Wildman–Crippen LogP) is 6.19. The van der Waals surface area contributed by atoms with Gasteiger partial charge in [-0.1, -0.05) is 39.2 Å². The minimum Gasteiger partial charge on any atom is -0.492 e. The highest BCUT2D eigenvalue weighted by Crippen LogP contribution is 2.27. The van der Waals surface area contributed by atoms with Crippen LogP contribution in [0.4, 0.5) is 11.4 Å². The second kappa shape index (κ2) is 13.2. The highest BCUT2D eigenvalue weighted by molar-refractivity contribution is 9.10. The standard InChI is InChI=1S/C24H30BrN3O3S/c1-4-6-7-8-14-31-21-13-12-17(15-18(21)25)23(30)28-24(32)27-20-11-9-10-19(16(20)3)26-22(29)5-2/h9-13,15H,4-8,14H2,1-3H3,(H,26,29)(H2,27,28,30,32). The molecule has 0 radical (unpaired) electrons. The molecule has 0 bridgehead atoms. The number of benzene rings is 2. The molecule has 0 heterocycles. The first-order valence-corrected chi connectivity index (χ1v) is 12.0. The minimum atomic E-state index is -0.328. The summed E-state index contributed by atoms with van der Waals surface area (Å²) >= 11 is 8.78. The van der Waals surface area contributed by atoms with Crippen molar-refractivity contribution in [2.75, 3.05) is 17.2 Å².